The lowest BCUT2D eigenvalue weighted by molar-refractivity contribution is -0.108. The fraction of sp³-hybridized carbons (Fsp3) is 0.684. The quantitative estimate of drug-likeness (QED) is 0.882. The van der Waals surface area contributed by atoms with Crippen molar-refractivity contribution in [1.29, 1.82) is 0 Å². The molecule has 1 aliphatic carbocycles. The van der Waals surface area contributed by atoms with Crippen LogP contribution in [0, 0.1) is 11.3 Å². The molecular weight excluding hydrogens is 316 g/mol. The summed E-state index contributed by atoms with van der Waals surface area (Å²) < 4.78 is 5.80. The molecule has 3 aliphatic rings. The number of fused-ring (bicyclic) bond motifs is 1. The van der Waals surface area contributed by atoms with Crippen LogP contribution >= 0.6 is 0 Å². The Balaban J connectivity index is 1.26. The Morgan fingerprint density at radius 1 is 1.24 bits per heavy atom. The van der Waals surface area contributed by atoms with Crippen molar-refractivity contribution in [3.8, 4) is 0 Å². The third-order valence-electron chi connectivity index (χ3n) is 6.19. The van der Waals surface area contributed by atoms with E-state index in [2.05, 4.69) is 34.4 Å². The number of aromatic nitrogens is 1. The Morgan fingerprint density at radius 3 is 2.76 bits per heavy atom. The molecule has 6 nitrogen and oxygen atoms in total. The van der Waals surface area contributed by atoms with E-state index >= 15 is 0 Å². The van der Waals surface area contributed by atoms with E-state index in [4.69, 9.17) is 4.74 Å². The molecule has 0 radical (unpaired) electrons. The number of hydrogen-bond acceptors (Lipinski definition) is 4. The Morgan fingerprint density at radius 2 is 2.04 bits per heavy atom. The molecule has 1 aromatic heterocycles. The van der Waals surface area contributed by atoms with E-state index in [1.807, 2.05) is 24.4 Å². The van der Waals surface area contributed by atoms with Crippen molar-refractivity contribution < 1.29 is 9.53 Å². The number of hydrogen-bond donors (Lipinski definition) is 2. The Kier molecular flexibility index (Phi) is 4.31. The van der Waals surface area contributed by atoms with Crippen LogP contribution in [-0.2, 0) is 4.74 Å². The minimum Gasteiger partial charge on any atom is -0.377 e. The molecule has 4 rings (SSSR count). The summed E-state index contributed by atoms with van der Waals surface area (Å²) in [6.45, 7) is 7.06. The van der Waals surface area contributed by atoms with Crippen LogP contribution in [0.3, 0.4) is 0 Å². The van der Waals surface area contributed by atoms with Gasteiger partial charge in [-0.25, -0.2) is 9.78 Å². The highest BCUT2D eigenvalue weighted by Gasteiger charge is 2.59. The minimum absolute atomic E-state index is 0.0280. The zero-order valence-corrected chi connectivity index (χ0v) is 15.1. The van der Waals surface area contributed by atoms with E-state index in [1.54, 1.807) is 0 Å². The first-order valence-corrected chi connectivity index (χ1v) is 9.40. The van der Waals surface area contributed by atoms with Gasteiger partial charge >= 0.3 is 6.03 Å². The van der Waals surface area contributed by atoms with E-state index in [0.29, 0.717) is 12.0 Å². The number of pyridine rings is 1. The van der Waals surface area contributed by atoms with Gasteiger partial charge in [-0.2, -0.15) is 0 Å². The highest BCUT2D eigenvalue weighted by atomic mass is 16.5. The van der Waals surface area contributed by atoms with Crippen LogP contribution in [0.4, 0.5) is 10.6 Å². The number of urea groups is 1. The predicted molar refractivity (Wildman–Crippen MR) is 96.6 cm³/mol. The van der Waals surface area contributed by atoms with Gasteiger partial charge in [-0.1, -0.05) is 19.9 Å². The van der Waals surface area contributed by atoms with Crippen LogP contribution in [0.2, 0.25) is 0 Å². The van der Waals surface area contributed by atoms with Gasteiger partial charge in [0.2, 0.25) is 0 Å². The van der Waals surface area contributed by atoms with Gasteiger partial charge in [0, 0.05) is 49.3 Å². The fourth-order valence-corrected chi connectivity index (χ4v) is 4.78. The fourth-order valence-electron chi connectivity index (χ4n) is 4.78. The third kappa shape index (κ3) is 3.08. The molecule has 2 aliphatic heterocycles. The van der Waals surface area contributed by atoms with Gasteiger partial charge in [-0.3, -0.25) is 0 Å². The van der Waals surface area contributed by atoms with Crippen molar-refractivity contribution in [2.75, 3.05) is 24.6 Å². The maximum atomic E-state index is 12.5. The monoisotopic (exact) mass is 344 g/mol. The average Bonchev–Trinajstić information content (AvgIpc) is 3.08. The first-order chi connectivity index (χ1) is 12.1. The molecule has 2 N–H and O–H groups in total. The summed E-state index contributed by atoms with van der Waals surface area (Å²) in [5, 5.41) is 6.38. The van der Waals surface area contributed by atoms with Gasteiger partial charge in [0.25, 0.3) is 0 Å². The van der Waals surface area contributed by atoms with Gasteiger partial charge < -0.3 is 20.3 Å². The van der Waals surface area contributed by atoms with Crippen LogP contribution in [-0.4, -0.2) is 48.9 Å². The Bertz CT molecular complexity index is 613. The lowest BCUT2D eigenvalue weighted by Gasteiger charge is -2.54. The third-order valence-corrected chi connectivity index (χ3v) is 6.19. The maximum absolute atomic E-state index is 12.5. The van der Waals surface area contributed by atoms with Crippen LogP contribution in [0.1, 0.15) is 33.1 Å². The summed E-state index contributed by atoms with van der Waals surface area (Å²) in [7, 11) is 0. The van der Waals surface area contributed by atoms with Crippen molar-refractivity contribution >= 4 is 11.8 Å². The van der Waals surface area contributed by atoms with Crippen LogP contribution in [0.5, 0.6) is 0 Å². The zero-order chi connectivity index (χ0) is 17.4. The normalized spacial score (nSPS) is 31.1. The molecule has 0 bridgehead atoms. The van der Waals surface area contributed by atoms with Gasteiger partial charge in [-0.05, 0) is 31.4 Å². The summed E-state index contributed by atoms with van der Waals surface area (Å²) in [6, 6.07) is 6.41. The van der Waals surface area contributed by atoms with E-state index in [-0.39, 0.29) is 23.5 Å². The largest absolute Gasteiger partial charge is 0.377 e. The molecule has 2 amide bonds. The van der Waals surface area contributed by atoms with Gasteiger partial charge in [0.1, 0.15) is 5.82 Å². The first kappa shape index (κ1) is 16.6. The van der Waals surface area contributed by atoms with Crippen LogP contribution in [0.25, 0.3) is 0 Å². The number of carbonyl (C=O) groups excluding carboxylic acids is 1. The highest BCUT2D eigenvalue weighted by molar-refractivity contribution is 5.75. The maximum Gasteiger partial charge on any atom is 0.315 e. The smallest absolute Gasteiger partial charge is 0.315 e. The number of piperidine rings is 1. The molecule has 0 spiro atoms. The molecule has 25 heavy (non-hydrogen) atoms. The molecule has 3 fully saturated rings. The second-order valence-electron chi connectivity index (χ2n) is 8.11. The van der Waals surface area contributed by atoms with Gasteiger partial charge in [0.15, 0.2) is 0 Å². The van der Waals surface area contributed by atoms with E-state index in [9.17, 15) is 4.79 Å². The first-order valence-electron chi connectivity index (χ1n) is 9.40. The van der Waals surface area contributed by atoms with Gasteiger partial charge in [-0.15, -0.1) is 0 Å². The number of nitrogens with zero attached hydrogens (tertiary/aromatic N) is 2. The molecule has 1 aromatic rings. The molecule has 3 atom stereocenters. The Hall–Kier alpha value is -1.82. The number of amides is 2. The molecule has 3 unspecified atom stereocenters. The molecule has 2 saturated heterocycles. The molecule has 1 saturated carbocycles. The lowest BCUT2D eigenvalue weighted by atomic mass is 9.57. The number of nitrogens with one attached hydrogen (secondary N) is 2. The SMILES string of the molecule is CC1(C)C(NC(=O)NC2CCN(c3ccccn3)CC2)C2CCOC21. The molecule has 0 aromatic carbocycles. The van der Waals surface area contributed by atoms with Crippen molar-refractivity contribution in [2.24, 2.45) is 11.3 Å². The summed E-state index contributed by atoms with van der Waals surface area (Å²) in [5.41, 5.74) is 0.0286. The summed E-state index contributed by atoms with van der Waals surface area (Å²) >= 11 is 0. The van der Waals surface area contributed by atoms with Crippen molar-refractivity contribution in [1.82, 2.24) is 15.6 Å². The second-order valence-corrected chi connectivity index (χ2v) is 8.11. The summed E-state index contributed by atoms with van der Waals surface area (Å²) in [5.74, 6) is 1.50. The number of ether oxygens (including phenoxy) is 1. The van der Waals surface area contributed by atoms with Crippen LogP contribution < -0.4 is 15.5 Å². The lowest BCUT2D eigenvalue weighted by Crippen LogP contribution is -2.68. The number of carbonyl (C=O) groups is 1. The molecule has 136 valence electrons. The number of anilines is 1. The van der Waals surface area contributed by atoms with Crippen molar-refractivity contribution in [3.63, 3.8) is 0 Å². The summed E-state index contributed by atoms with van der Waals surface area (Å²) in [4.78, 5) is 19.1. The average molecular weight is 344 g/mol. The zero-order valence-electron chi connectivity index (χ0n) is 15.1. The predicted octanol–water partition coefficient (Wildman–Crippen LogP) is 2.16. The van der Waals surface area contributed by atoms with E-state index in [0.717, 1.165) is 44.8 Å². The second kappa shape index (κ2) is 6.48. The topological polar surface area (TPSA) is 66.5 Å². The summed E-state index contributed by atoms with van der Waals surface area (Å²) in [6.07, 6.45) is 5.09. The van der Waals surface area contributed by atoms with Crippen molar-refractivity contribution in [2.45, 2.75) is 51.3 Å². The van der Waals surface area contributed by atoms with E-state index < -0.39 is 0 Å². The van der Waals surface area contributed by atoms with E-state index in [1.165, 1.54) is 0 Å². The van der Waals surface area contributed by atoms with Gasteiger partial charge in [0.05, 0.1) is 6.10 Å². The molecule has 6 heteroatoms. The van der Waals surface area contributed by atoms with Crippen molar-refractivity contribution in [3.05, 3.63) is 24.4 Å². The van der Waals surface area contributed by atoms with Crippen LogP contribution in [0.15, 0.2) is 24.4 Å². The Labute approximate surface area is 149 Å². The minimum atomic E-state index is -0.0280. The molecule has 3 heterocycles. The standard InChI is InChI=1S/C19H28N4O2/c1-19(2)16(14-8-12-25-17(14)19)22-18(24)21-13-6-10-23(11-7-13)15-5-3-4-9-20-15/h3-5,9,13-14,16-17H,6-8,10-12H2,1-2H3,(H2,21,22,24). The number of rotatable bonds is 3. The highest BCUT2D eigenvalue weighted by Crippen LogP contribution is 2.52. The molecular formula is C19H28N4O2.